The highest BCUT2D eigenvalue weighted by atomic mass is 31.2. The van der Waals surface area contributed by atoms with E-state index >= 15 is 0 Å². The van der Waals surface area contributed by atoms with Gasteiger partial charge in [-0.25, -0.2) is 4.57 Å². The molecular weight excluding hydrogens is 766 g/mol. The molecular formula is C48H87NO9P+. The molecule has 342 valence electrons. The largest absolute Gasteiger partial charge is 0.472 e. The average Bonchev–Trinajstić information content (AvgIpc) is 3.18. The van der Waals surface area contributed by atoms with E-state index in [0.717, 1.165) is 38.5 Å². The molecule has 0 aliphatic carbocycles. The van der Waals surface area contributed by atoms with Gasteiger partial charge in [-0.2, -0.15) is 0 Å². The number of phosphoric acid groups is 1. The molecule has 2 N–H and O–H groups in total. The minimum Gasteiger partial charge on any atom is -0.462 e. The molecule has 0 bridgehead atoms. The Morgan fingerprint density at radius 1 is 0.610 bits per heavy atom. The van der Waals surface area contributed by atoms with Crippen LogP contribution in [0.1, 0.15) is 174 Å². The van der Waals surface area contributed by atoms with Crippen molar-refractivity contribution in [1.29, 1.82) is 0 Å². The summed E-state index contributed by atoms with van der Waals surface area (Å²) >= 11 is 0. The van der Waals surface area contributed by atoms with E-state index in [9.17, 15) is 24.2 Å². The van der Waals surface area contributed by atoms with Crippen molar-refractivity contribution in [3.8, 4) is 0 Å². The molecule has 3 atom stereocenters. The summed E-state index contributed by atoms with van der Waals surface area (Å²) in [5.41, 5.74) is 0. The summed E-state index contributed by atoms with van der Waals surface area (Å²) in [5, 5.41) is 10.1. The maximum atomic E-state index is 12.7. The molecule has 0 aromatic rings. The van der Waals surface area contributed by atoms with Gasteiger partial charge in [0.05, 0.1) is 33.9 Å². The first kappa shape index (κ1) is 56.7. The third-order valence-electron chi connectivity index (χ3n) is 9.60. The normalized spacial score (nSPS) is 14.6. The zero-order valence-electron chi connectivity index (χ0n) is 38.1. The summed E-state index contributed by atoms with van der Waals surface area (Å²) in [6, 6.07) is 0. The number of likely N-dealkylation sites (N-methyl/N-ethyl adjacent to an activating group) is 1. The summed E-state index contributed by atoms with van der Waals surface area (Å²) in [6.45, 7) is 4.22. The van der Waals surface area contributed by atoms with Gasteiger partial charge in [-0.05, 0) is 70.6 Å². The molecule has 0 aliphatic rings. The van der Waals surface area contributed by atoms with Crippen LogP contribution in [0.2, 0.25) is 0 Å². The van der Waals surface area contributed by atoms with E-state index < -0.39 is 38.6 Å². The molecule has 59 heavy (non-hydrogen) atoms. The van der Waals surface area contributed by atoms with Crippen molar-refractivity contribution < 1.29 is 47.2 Å². The van der Waals surface area contributed by atoms with E-state index in [-0.39, 0.29) is 26.1 Å². The number of carbonyl (C=O) groups is 2. The molecule has 0 heterocycles. The van der Waals surface area contributed by atoms with Gasteiger partial charge in [-0.1, -0.05) is 152 Å². The number of aliphatic hydroxyl groups is 1. The predicted octanol–water partition coefficient (Wildman–Crippen LogP) is 12.2. The maximum absolute atomic E-state index is 12.7. The molecule has 0 spiro atoms. The van der Waals surface area contributed by atoms with Gasteiger partial charge < -0.3 is 24.0 Å². The summed E-state index contributed by atoms with van der Waals surface area (Å²) in [5.74, 6) is -0.910. The van der Waals surface area contributed by atoms with Crippen molar-refractivity contribution in [2.24, 2.45) is 0 Å². The number of unbranched alkanes of at least 4 members (excludes halogenated alkanes) is 17. The Morgan fingerprint density at radius 2 is 1.14 bits per heavy atom. The lowest BCUT2D eigenvalue weighted by atomic mass is 10.1. The molecule has 0 aromatic heterocycles. The fraction of sp³-hybridized carbons (Fsp3) is 0.750. The van der Waals surface area contributed by atoms with Gasteiger partial charge in [0.25, 0.3) is 0 Å². The predicted molar refractivity (Wildman–Crippen MR) is 244 cm³/mol. The molecule has 0 rings (SSSR count). The van der Waals surface area contributed by atoms with Crippen molar-refractivity contribution in [3.05, 3.63) is 60.8 Å². The smallest absolute Gasteiger partial charge is 0.462 e. The second-order valence-corrected chi connectivity index (χ2v) is 18.1. The SMILES string of the molecule is CCCCC/C=C\C[C@H](O)/C=C/C=C\C/C=C\CCCC(=O)O[C@H](COC(=O)CCCCCCCCC/C=C\CCCCCCCC)COP(=O)(O)OCC[N+](C)(C)C. The molecule has 0 fully saturated rings. The number of esters is 2. The zero-order chi connectivity index (χ0) is 43.7. The second-order valence-electron chi connectivity index (χ2n) is 16.6. The Morgan fingerprint density at radius 3 is 1.78 bits per heavy atom. The average molecular weight is 853 g/mol. The van der Waals surface area contributed by atoms with Crippen LogP contribution < -0.4 is 0 Å². The summed E-state index contributed by atoms with van der Waals surface area (Å²) < 4.78 is 34.2. The van der Waals surface area contributed by atoms with Crippen LogP contribution in [0.25, 0.3) is 0 Å². The first-order valence-electron chi connectivity index (χ1n) is 23.1. The molecule has 10 nitrogen and oxygen atoms in total. The minimum atomic E-state index is -4.41. The van der Waals surface area contributed by atoms with Gasteiger partial charge in [0.1, 0.15) is 19.8 Å². The Labute approximate surface area is 360 Å². The number of aliphatic hydroxyl groups excluding tert-OH is 1. The number of rotatable bonds is 41. The van der Waals surface area contributed by atoms with Crippen LogP contribution in [0.4, 0.5) is 0 Å². The molecule has 0 radical (unpaired) electrons. The van der Waals surface area contributed by atoms with Crippen LogP contribution in [0, 0.1) is 0 Å². The van der Waals surface area contributed by atoms with Crippen LogP contribution in [0.3, 0.4) is 0 Å². The second kappa shape index (κ2) is 39.8. The number of carbonyl (C=O) groups excluding carboxylic acids is 2. The van der Waals surface area contributed by atoms with Crippen LogP contribution >= 0.6 is 7.82 Å². The van der Waals surface area contributed by atoms with E-state index in [1.165, 1.54) is 83.5 Å². The molecule has 0 aromatic carbocycles. The molecule has 0 saturated heterocycles. The summed E-state index contributed by atoms with van der Waals surface area (Å²) in [6.07, 6.45) is 44.4. The van der Waals surface area contributed by atoms with E-state index in [0.29, 0.717) is 36.7 Å². The van der Waals surface area contributed by atoms with Crippen LogP contribution in [0.5, 0.6) is 0 Å². The Hall–Kier alpha value is -2.33. The topological polar surface area (TPSA) is 129 Å². The van der Waals surface area contributed by atoms with Crippen molar-refractivity contribution in [2.45, 2.75) is 187 Å². The van der Waals surface area contributed by atoms with E-state index in [1.54, 1.807) is 6.08 Å². The monoisotopic (exact) mass is 853 g/mol. The van der Waals surface area contributed by atoms with Crippen molar-refractivity contribution in [2.75, 3.05) is 47.5 Å². The fourth-order valence-electron chi connectivity index (χ4n) is 5.91. The molecule has 0 amide bonds. The molecule has 0 aliphatic heterocycles. The number of ether oxygens (including phenoxy) is 2. The van der Waals surface area contributed by atoms with Crippen molar-refractivity contribution in [1.82, 2.24) is 0 Å². The quantitative estimate of drug-likeness (QED) is 0.0154. The first-order chi connectivity index (χ1) is 28.4. The molecule has 11 heteroatoms. The van der Waals surface area contributed by atoms with Crippen molar-refractivity contribution in [3.63, 3.8) is 0 Å². The van der Waals surface area contributed by atoms with Gasteiger partial charge in [-0.15, -0.1) is 0 Å². The molecule has 1 unspecified atom stereocenters. The number of allylic oxidation sites excluding steroid dienone is 8. The number of nitrogens with zero attached hydrogens (tertiary/aromatic N) is 1. The molecule has 0 saturated carbocycles. The number of phosphoric ester groups is 1. The lowest BCUT2D eigenvalue weighted by Gasteiger charge is -2.24. The number of hydrogen-bond acceptors (Lipinski definition) is 8. The Balaban J connectivity index is 4.50. The van der Waals surface area contributed by atoms with E-state index in [1.807, 2.05) is 57.6 Å². The van der Waals surface area contributed by atoms with Gasteiger partial charge >= 0.3 is 19.8 Å². The summed E-state index contributed by atoms with van der Waals surface area (Å²) in [7, 11) is 1.40. The lowest BCUT2D eigenvalue weighted by molar-refractivity contribution is -0.870. The fourth-order valence-corrected chi connectivity index (χ4v) is 6.65. The van der Waals surface area contributed by atoms with E-state index in [2.05, 4.69) is 32.1 Å². The minimum absolute atomic E-state index is 0.00762. The van der Waals surface area contributed by atoms with Crippen LogP contribution in [-0.2, 0) is 32.7 Å². The Kier molecular flexibility index (Phi) is 38.2. The van der Waals surface area contributed by atoms with Gasteiger partial charge in [-0.3, -0.25) is 18.6 Å². The highest BCUT2D eigenvalue weighted by molar-refractivity contribution is 7.47. The lowest BCUT2D eigenvalue weighted by Crippen LogP contribution is -2.37. The highest BCUT2D eigenvalue weighted by Gasteiger charge is 2.27. The van der Waals surface area contributed by atoms with Gasteiger partial charge in [0.15, 0.2) is 6.10 Å². The maximum Gasteiger partial charge on any atom is 0.472 e. The standard InChI is InChI=1S/C48H86NO9P/c1-6-8-10-12-14-15-16-17-18-19-20-21-22-23-27-31-35-39-47(51)55-43-46(44-57-59(53,54)56-42-41-49(3,4)5)58-48(52)40-36-32-28-25-24-26-30-34-38-45(50)37-33-29-13-11-9-7-2/h17-18,25-26,28-30,33-34,38,45-46,50H,6-16,19-24,27,31-32,35-37,39-44H2,1-5H3/p+1/b18-17-,28-25-,30-26-,33-29-,38-34+/t45-,46+/m0/s1. The third-order valence-corrected chi connectivity index (χ3v) is 10.6. The van der Waals surface area contributed by atoms with Gasteiger partial charge in [0, 0.05) is 12.8 Å². The number of hydrogen-bond donors (Lipinski definition) is 2. The zero-order valence-corrected chi connectivity index (χ0v) is 39.0. The summed E-state index contributed by atoms with van der Waals surface area (Å²) in [4.78, 5) is 35.4. The van der Waals surface area contributed by atoms with Crippen molar-refractivity contribution >= 4 is 19.8 Å². The third kappa shape index (κ3) is 43.6. The highest BCUT2D eigenvalue weighted by Crippen LogP contribution is 2.43. The van der Waals surface area contributed by atoms with Crippen LogP contribution in [0.15, 0.2) is 60.8 Å². The van der Waals surface area contributed by atoms with Crippen LogP contribution in [-0.4, -0.2) is 86.1 Å². The Bertz CT molecular complexity index is 1210. The van der Waals surface area contributed by atoms with Gasteiger partial charge in [0.2, 0.25) is 0 Å². The first-order valence-corrected chi connectivity index (χ1v) is 24.6. The number of quaternary nitrogens is 1. The van der Waals surface area contributed by atoms with E-state index in [4.69, 9.17) is 18.5 Å².